The van der Waals surface area contributed by atoms with Crippen LogP contribution in [0.1, 0.15) is 47.6 Å². The number of rotatable bonds is 3. The summed E-state index contributed by atoms with van der Waals surface area (Å²) in [5.74, 6) is -2.46. The van der Waals surface area contributed by atoms with E-state index in [-0.39, 0.29) is 47.2 Å². The molecule has 3 atom stereocenters. The van der Waals surface area contributed by atoms with Gasteiger partial charge in [0.15, 0.2) is 5.82 Å². The van der Waals surface area contributed by atoms with E-state index in [1.165, 1.54) is 35.7 Å². The molecule has 5 N–H and O–H groups in total. The molecule has 3 aliphatic rings. The first-order valence-corrected chi connectivity index (χ1v) is 10.5. The second-order valence-corrected chi connectivity index (χ2v) is 8.48. The highest BCUT2D eigenvalue weighted by atomic mass is 19.1. The van der Waals surface area contributed by atoms with Crippen molar-refractivity contribution in [1.82, 2.24) is 4.57 Å². The molecule has 0 radical (unpaired) electrons. The van der Waals surface area contributed by atoms with E-state index in [1.807, 2.05) is 0 Å². The van der Waals surface area contributed by atoms with Gasteiger partial charge in [0.05, 0.1) is 34.9 Å². The van der Waals surface area contributed by atoms with Crippen molar-refractivity contribution < 1.29 is 23.1 Å². The second-order valence-electron chi connectivity index (χ2n) is 8.48. The van der Waals surface area contributed by atoms with E-state index in [0.29, 0.717) is 0 Å². The van der Waals surface area contributed by atoms with Crippen LogP contribution in [0.2, 0.25) is 0 Å². The summed E-state index contributed by atoms with van der Waals surface area (Å²) in [5, 5.41) is 9.04. The summed E-state index contributed by atoms with van der Waals surface area (Å²) in [4.78, 5) is 25.6. The number of pyridine rings is 1. The number of halogens is 3. The third kappa shape index (κ3) is 3.67. The van der Waals surface area contributed by atoms with Gasteiger partial charge in [0, 0.05) is 24.7 Å². The van der Waals surface area contributed by atoms with Crippen molar-refractivity contribution in [2.24, 2.45) is 5.73 Å². The van der Waals surface area contributed by atoms with E-state index >= 15 is 4.39 Å². The summed E-state index contributed by atoms with van der Waals surface area (Å²) in [7, 11) is 0. The minimum atomic E-state index is -1.51. The first kappa shape index (κ1) is 22.0. The zero-order valence-electron chi connectivity index (χ0n) is 17.6. The number of benzene rings is 1. The highest BCUT2D eigenvalue weighted by Crippen LogP contribution is 2.44. The lowest BCUT2D eigenvalue weighted by molar-refractivity contribution is 0.0694. The maximum atomic E-state index is 15.2. The lowest BCUT2D eigenvalue weighted by Gasteiger charge is -2.25. The molecule has 172 valence electrons. The number of hydrogen-bond donors (Lipinski definition) is 3. The number of carboxylic acid groups (broad SMARTS) is 1. The molecule has 7 nitrogen and oxygen atoms in total. The standard InChI is InChI=1S/C19H19F3N4O3.C3H6/c1-7-16-13(18(27)9(19(28)29)5-26(16)12-2-10(12)20)15(24)14(22)17(7)25-4-8(3-23)11(21)6-25;1-2-3-1/h3,5,10-12H,2,4,6,23-24H2,1H3,(H,28,29);1-3H2/b8-3-;. The van der Waals surface area contributed by atoms with Crippen molar-refractivity contribution in [2.75, 3.05) is 23.7 Å². The second kappa shape index (κ2) is 8.07. The van der Waals surface area contributed by atoms with Crippen LogP contribution in [0.5, 0.6) is 0 Å². The van der Waals surface area contributed by atoms with Gasteiger partial charge in [-0.05, 0) is 18.7 Å². The monoisotopic (exact) mass is 450 g/mol. The lowest BCUT2D eigenvalue weighted by Crippen LogP contribution is -2.26. The summed E-state index contributed by atoms with van der Waals surface area (Å²) >= 11 is 0. The van der Waals surface area contributed by atoms with Crippen LogP contribution in [0.4, 0.5) is 24.5 Å². The van der Waals surface area contributed by atoms with Gasteiger partial charge in [0.25, 0.3) is 0 Å². The van der Waals surface area contributed by atoms with Gasteiger partial charge in [0.2, 0.25) is 5.43 Å². The van der Waals surface area contributed by atoms with Crippen LogP contribution in [0.15, 0.2) is 22.8 Å². The minimum Gasteiger partial charge on any atom is -0.477 e. The molecule has 5 rings (SSSR count). The largest absolute Gasteiger partial charge is 0.477 e. The van der Waals surface area contributed by atoms with E-state index in [0.717, 1.165) is 12.4 Å². The number of anilines is 2. The maximum absolute atomic E-state index is 15.2. The number of aromatic nitrogens is 1. The Labute approximate surface area is 182 Å². The third-order valence-electron chi connectivity index (χ3n) is 5.97. The Balaban J connectivity index is 0.000000754. The zero-order valence-corrected chi connectivity index (χ0v) is 17.6. The van der Waals surface area contributed by atoms with Crippen LogP contribution in [0.25, 0.3) is 10.9 Å². The quantitative estimate of drug-likeness (QED) is 0.619. The van der Waals surface area contributed by atoms with Crippen molar-refractivity contribution in [3.05, 3.63) is 45.1 Å². The van der Waals surface area contributed by atoms with Crippen LogP contribution < -0.4 is 21.8 Å². The third-order valence-corrected chi connectivity index (χ3v) is 5.97. The first-order chi connectivity index (χ1) is 15.2. The van der Waals surface area contributed by atoms with Gasteiger partial charge in [0.1, 0.15) is 17.9 Å². The van der Waals surface area contributed by atoms with Crippen molar-refractivity contribution in [3.63, 3.8) is 0 Å². The number of carboxylic acids is 1. The molecule has 2 saturated carbocycles. The minimum absolute atomic E-state index is 0.0122. The lowest BCUT2D eigenvalue weighted by atomic mass is 10.0. The average molecular weight is 450 g/mol. The molecule has 2 heterocycles. The molecular weight excluding hydrogens is 425 g/mol. The fourth-order valence-corrected chi connectivity index (χ4v) is 4.03. The number of nitrogens with two attached hydrogens (primary N) is 2. The van der Waals surface area contributed by atoms with Gasteiger partial charge in [-0.15, -0.1) is 0 Å². The molecule has 0 amide bonds. The highest BCUT2D eigenvalue weighted by molar-refractivity contribution is 6.01. The first-order valence-electron chi connectivity index (χ1n) is 10.5. The maximum Gasteiger partial charge on any atom is 0.341 e. The smallest absolute Gasteiger partial charge is 0.341 e. The summed E-state index contributed by atoms with van der Waals surface area (Å²) in [6, 6.07) is -0.681. The molecule has 32 heavy (non-hydrogen) atoms. The summed E-state index contributed by atoms with van der Waals surface area (Å²) in [6.07, 6.45) is 4.24. The van der Waals surface area contributed by atoms with E-state index < -0.39 is 46.9 Å². The van der Waals surface area contributed by atoms with E-state index in [2.05, 4.69) is 0 Å². The zero-order chi connectivity index (χ0) is 23.3. The molecule has 0 spiro atoms. The molecule has 0 bridgehead atoms. The summed E-state index contributed by atoms with van der Waals surface area (Å²) in [6.45, 7) is 1.40. The summed E-state index contributed by atoms with van der Waals surface area (Å²) in [5.41, 5.74) is 9.91. The van der Waals surface area contributed by atoms with Crippen molar-refractivity contribution in [1.29, 1.82) is 0 Å². The number of fused-ring (bicyclic) bond motifs is 1. The van der Waals surface area contributed by atoms with Crippen LogP contribution in [0, 0.1) is 12.7 Å². The Morgan fingerprint density at radius 2 is 1.91 bits per heavy atom. The van der Waals surface area contributed by atoms with Crippen molar-refractivity contribution in [2.45, 2.75) is 51.0 Å². The molecule has 1 saturated heterocycles. The SMILES string of the molecule is C1CC1.Cc1c(N2C/C(=C/N)C(F)C2)c(F)c(N)c2c(=O)c(C(=O)O)cn(C3CC3F)c12. The number of aromatic carboxylic acids is 1. The van der Waals surface area contributed by atoms with Crippen molar-refractivity contribution >= 4 is 28.2 Å². The highest BCUT2D eigenvalue weighted by Gasteiger charge is 2.41. The van der Waals surface area contributed by atoms with Crippen LogP contribution in [-0.4, -0.2) is 41.1 Å². The normalized spacial score (nSPS) is 25.1. The fourth-order valence-electron chi connectivity index (χ4n) is 4.03. The Bertz CT molecular complexity index is 1190. The molecular formula is C22H25F3N4O3. The average Bonchev–Trinajstić information content (AvgIpc) is 3.67. The van der Waals surface area contributed by atoms with E-state index in [1.54, 1.807) is 0 Å². The fraction of sp³-hybridized carbons (Fsp3) is 0.455. The van der Waals surface area contributed by atoms with Gasteiger partial charge < -0.3 is 26.0 Å². The molecule has 1 aromatic carbocycles. The number of hydrogen-bond acceptors (Lipinski definition) is 5. The molecule has 1 aromatic heterocycles. The molecule has 3 fully saturated rings. The Morgan fingerprint density at radius 3 is 2.38 bits per heavy atom. The van der Waals surface area contributed by atoms with Crippen LogP contribution >= 0.6 is 0 Å². The predicted molar refractivity (Wildman–Crippen MR) is 116 cm³/mol. The number of carbonyl (C=O) groups is 1. The van der Waals surface area contributed by atoms with Crippen LogP contribution in [0.3, 0.4) is 0 Å². The molecule has 1 aliphatic heterocycles. The number of aryl methyl sites for hydroxylation is 1. The van der Waals surface area contributed by atoms with Gasteiger partial charge in [-0.25, -0.2) is 18.0 Å². The van der Waals surface area contributed by atoms with E-state index in [9.17, 15) is 23.5 Å². The van der Waals surface area contributed by atoms with Crippen molar-refractivity contribution in [3.8, 4) is 0 Å². The Hall–Kier alpha value is -3.17. The Kier molecular flexibility index (Phi) is 5.56. The summed E-state index contributed by atoms with van der Waals surface area (Å²) < 4.78 is 44.6. The number of alkyl halides is 2. The predicted octanol–water partition coefficient (Wildman–Crippen LogP) is 3.18. The van der Waals surface area contributed by atoms with Gasteiger partial charge in [-0.1, -0.05) is 19.3 Å². The molecule has 10 heteroatoms. The topological polar surface area (TPSA) is 115 Å². The molecule has 3 unspecified atom stereocenters. The van der Waals surface area contributed by atoms with Gasteiger partial charge >= 0.3 is 5.97 Å². The van der Waals surface area contributed by atoms with Crippen LogP contribution in [-0.2, 0) is 0 Å². The van der Waals surface area contributed by atoms with Gasteiger partial charge in [-0.2, -0.15) is 0 Å². The molecule has 2 aliphatic carbocycles. The number of nitrogen functional groups attached to an aromatic ring is 1. The Morgan fingerprint density at radius 1 is 1.28 bits per heavy atom. The number of nitrogens with zero attached hydrogens (tertiary/aromatic N) is 2. The van der Waals surface area contributed by atoms with E-state index in [4.69, 9.17) is 11.5 Å². The molecule has 2 aromatic rings. The van der Waals surface area contributed by atoms with Gasteiger partial charge in [-0.3, -0.25) is 4.79 Å².